The molecule has 2 aliphatic heterocycles. The van der Waals surface area contributed by atoms with Crippen LogP contribution in [0, 0.1) is 5.92 Å². The first-order valence-electron chi connectivity index (χ1n) is 6.10. The van der Waals surface area contributed by atoms with Gasteiger partial charge in [-0.3, -0.25) is 0 Å². The van der Waals surface area contributed by atoms with Crippen molar-refractivity contribution in [3.05, 3.63) is 0 Å². The van der Waals surface area contributed by atoms with Crippen LogP contribution in [0.4, 0.5) is 4.79 Å². The Morgan fingerprint density at radius 3 is 2.71 bits per heavy atom. The number of rotatable bonds is 1. The van der Waals surface area contributed by atoms with E-state index in [1.807, 2.05) is 20.8 Å². The Hall–Kier alpha value is -0.810. The lowest BCUT2D eigenvalue weighted by molar-refractivity contribution is -0.0112. The fraction of sp³-hybridized carbons (Fsp3) is 0.917. The fourth-order valence-electron chi connectivity index (χ4n) is 2.63. The van der Waals surface area contributed by atoms with Gasteiger partial charge in [-0.1, -0.05) is 0 Å². The molecule has 0 aromatic carbocycles. The van der Waals surface area contributed by atoms with Gasteiger partial charge < -0.3 is 19.7 Å². The Morgan fingerprint density at radius 2 is 2.18 bits per heavy atom. The van der Waals surface area contributed by atoms with E-state index in [9.17, 15) is 4.79 Å². The molecule has 2 heterocycles. The number of carbonyl (C=O) groups is 1. The highest BCUT2D eigenvalue weighted by molar-refractivity contribution is 5.69. The van der Waals surface area contributed by atoms with Gasteiger partial charge in [0.05, 0.1) is 6.54 Å². The number of fused-ring (bicyclic) bond motifs is 1. The van der Waals surface area contributed by atoms with Gasteiger partial charge in [0.25, 0.3) is 0 Å². The predicted octanol–water partition coefficient (Wildman–Crippen LogP) is 0.842. The standard InChI is InChI=1S/C12H22N2O3/c1-11(2,3)17-10(15)14-6-9-5-13-7-12(9,8-14)16-4/h9,13H,5-8H2,1-4H3/t9-,12-/m1/s1. The predicted molar refractivity (Wildman–Crippen MR) is 63.9 cm³/mol. The number of hydrogen-bond donors (Lipinski definition) is 1. The van der Waals surface area contributed by atoms with Gasteiger partial charge in [-0.05, 0) is 20.8 Å². The summed E-state index contributed by atoms with van der Waals surface area (Å²) in [5.41, 5.74) is -0.649. The Balaban J connectivity index is 2.00. The van der Waals surface area contributed by atoms with Gasteiger partial charge in [0, 0.05) is 32.7 Å². The molecule has 1 amide bonds. The van der Waals surface area contributed by atoms with Gasteiger partial charge in [0.2, 0.25) is 0 Å². The van der Waals surface area contributed by atoms with E-state index in [1.54, 1.807) is 12.0 Å². The van der Waals surface area contributed by atoms with Crippen molar-refractivity contribution in [3.8, 4) is 0 Å². The fourth-order valence-corrected chi connectivity index (χ4v) is 2.63. The maximum Gasteiger partial charge on any atom is 0.410 e. The topological polar surface area (TPSA) is 50.8 Å². The van der Waals surface area contributed by atoms with Crippen LogP contribution in [0.2, 0.25) is 0 Å². The average molecular weight is 242 g/mol. The molecule has 17 heavy (non-hydrogen) atoms. The first-order chi connectivity index (χ1) is 7.86. The zero-order chi connectivity index (χ0) is 12.7. The summed E-state index contributed by atoms with van der Waals surface area (Å²) in [4.78, 5) is 13.7. The lowest BCUT2D eigenvalue weighted by Gasteiger charge is -2.27. The number of hydrogen-bond acceptors (Lipinski definition) is 4. The molecule has 0 aromatic heterocycles. The quantitative estimate of drug-likeness (QED) is 0.740. The maximum absolute atomic E-state index is 12.0. The Labute approximate surface area is 102 Å². The maximum atomic E-state index is 12.0. The zero-order valence-corrected chi connectivity index (χ0v) is 11.1. The van der Waals surface area contributed by atoms with E-state index in [1.165, 1.54) is 0 Å². The van der Waals surface area contributed by atoms with E-state index >= 15 is 0 Å². The smallest absolute Gasteiger partial charge is 0.410 e. The SMILES string of the molecule is CO[C@@]12CNC[C@@H]1CN(C(=O)OC(C)(C)C)C2. The summed E-state index contributed by atoms with van der Waals surface area (Å²) in [5.74, 6) is 0.375. The minimum absolute atomic E-state index is 0.211. The highest BCUT2D eigenvalue weighted by Crippen LogP contribution is 2.34. The Kier molecular flexibility index (Phi) is 3.08. The summed E-state index contributed by atoms with van der Waals surface area (Å²) < 4.78 is 11.0. The van der Waals surface area contributed by atoms with Gasteiger partial charge in [-0.15, -0.1) is 0 Å². The number of nitrogens with zero attached hydrogens (tertiary/aromatic N) is 1. The van der Waals surface area contributed by atoms with Crippen molar-refractivity contribution in [3.63, 3.8) is 0 Å². The van der Waals surface area contributed by atoms with Crippen molar-refractivity contribution in [1.82, 2.24) is 10.2 Å². The largest absolute Gasteiger partial charge is 0.444 e. The summed E-state index contributed by atoms with van der Waals surface area (Å²) >= 11 is 0. The molecular formula is C12H22N2O3. The van der Waals surface area contributed by atoms with Crippen molar-refractivity contribution >= 4 is 6.09 Å². The van der Waals surface area contributed by atoms with E-state index in [2.05, 4.69) is 5.32 Å². The van der Waals surface area contributed by atoms with Crippen LogP contribution in [0.3, 0.4) is 0 Å². The van der Waals surface area contributed by atoms with Gasteiger partial charge >= 0.3 is 6.09 Å². The second kappa shape index (κ2) is 4.14. The van der Waals surface area contributed by atoms with Crippen LogP contribution in [-0.2, 0) is 9.47 Å². The first-order valence-corrected chi connectivity index (χ1v) is 6.10. The number of nitrogens with one attached hydrogen (secondary N) is 1. The molecule has 1 N–H and O–H groups in total. The van der Waals surface area contributed by atoms with Crippen molar-refractivity contribution in [2.24, 2.45) is 5.92 Å². The lowest BCUT2D eigenvalue weighted by Crippen LogP contribution is -2.43. The summed E-state index contributed by atoms with van der Waals surface area (Å²) in [6, 6.07) is 0. The minimum Gasteiger partial charge on any atom is -0.444 e. The van der Waals surface area contributed by atoms with E-state index in [-0.39, 0.29) is 11.7 Å². The molecule has 5 nitrogen and oxygen atoms in total. The highest BCUT2D eigenvalue weighted by Gasteiger charge is 2.52. The van der Waals surface area contributed by atoms with E-state index < -0.39 is 5.60 Å². The molecular weight excluding hydrogens is 220 g/mol. The van der Waals surface area contributed by atoms with Crippen molar-refractivity contribution < 1.29 is 14.3 Å². The molecule has 0 bridgehead atoms. The molecule has 0 radical (unpaired) electrons. The summed E-state index contributed by atoms with van der Waals surface area (Å²) in [6.45, 7) is 8.72. The third-order valence-corrected chi connectivity index (χ3v) is 3.52. The molecule has 2 atom stereocenters. The van der Waals surface area contributed by atoms with Crippen LogP contribution in [0.1, 0.15) is 20.8 Å². The van der Waals surface area contributed by atoms with Crippen LogP contribution in [0.25, 0.3) is 0 Å². The molecule has 0 unspecified atom stereocenters. The highest BCUT2D eigenvalue weighted by atomic mass is 16.6. The molecule has 2 fully saturated rings. The molecule has 0 aromatic rings. The summed E-state index contributed by atoms with van der Waals surface area (Å²) in [5, 5.41) is 3.32. The third kappa shape index (κ3) is 2.40. The molecule has 2 rings (SSSR count). The van der Waals surface area contributed by atoms with Gasteiger partial charge in [0.15, 0.2) is 0 Å². The van der Waals surface area contributed by atoms with E-state index in [0.29, 0.717) is 12.5 Å². The monoisotopic (exact) mass is 242 g/mol. The van der Waals surface area contributed by atoms with E-state index in [4.69, 9.17) is 9.47 Å². The normalized spacial score (nSPS) is 32.7. The van der Waals surface area contributed by atoms with Crippen molar-refractivity contribution in [1.29, 1.82) is 0 Å². The van der Waals surface area contributed by atoms with Gasteiger partial charge in [0.1, 0.15) is 11.2 Å². The van der Waals surface area contributed by atoms with Gasteiger partial charge in [-0.2, -0.15) is 0 Å². The van der Waals surface area contributed by atoms with E-state index in [0.717, 1.165) is 19.6 Å². The van der Waals surface area contributed by atoms with Crippen LogP contribution in [0.5, 0.6) is 0 Å². The van der Waals surface area contributed by atoms with Crippen molar-refractivity contribution in [2.75, 3.05) is 33.3 Å². The third-order valence-electron chi connectivity index (χ3n) is 3.52. The second-order valence-electron chi connectivity index (χ2n) is 5.96. The Morgan fingerprint density at radius 1 is 1.47 bits per heavy atom. The molecule has 98 valence electrons. The second-order valence-corrected chi connectivity index (χ2v) is 5.96. The van der Waals surface area contributed by atoms with Crippen LogP contribution in [0.15, 0.2) is 0 Å². The van der Waals surface area contributed by atoms with Crippen LogP contribution < -0.4 is 5.32 Å². The number of methoxy groups -OCH3 is 1. The van der Waals surface area contributed by atoms with Crippen molar-refractivity contribution in [2.45, 2.75) is 32.0 Å². The Bertz CT molecular complexity index is 313. The first kappa shape index (κ1) is 12.6. The molecule has 0 saturated carbocycles. The minimum atomic E-state index is -0.437. The number of likely N-dealkylation sites (tertiary alicyclic amines) is 1. The summed E-state index contributed by atoms with van der Waals surface area (Å²) in [7, 11) is 1.72. The number of ether oxygens (including phenoxy) is 2. The number of carbonyl (C=O) groups excluding carboxylic acids is 1. The molecule has 0 spiro atoms. The zero-order valence-electron chi connectivity index (χ0n) is 11.1. The average Bonchev–Trinajstić information content (AvgIpc) is 2.70. The van der Waals surface area contributed by atoms with Crippen LogP contribution >= 0.6 is 0 Å². The number of amides is 1. The molecule has 2 aliphatic rings. The molecule has 2 saturated heterocycles. The summed E-state index contributed by atoms with van der Waals surface area (Å²) in [6.07, 6.45) is -0.233. The van der Waals surface area contributed by atoms with Gasteiger partial charge in [-0.25, -0.2) is 4.79 Å². The molecule has 0 aliphatic carbocycles. The molecule has 5 heteroatoms. The van der Waals surface area contributed by atoms with Crippen LogP contribution in [-0.4, -0.2) is 55.5 Å². The lowest BCUT2D eigenvalue weighted by atomic mass is 9.95.